The molecule has 0 amide bonds. The van der Waals surface area contributed by atoms with Crippen LogP contribution in [0.15, 0.2) is 0 Å². The molecule has 0 radical (unpaired) electrons. The van der Waals surface area contributed by atoms with E-state index in [0.29, 0.717) is 32.0 Å². The van der Waals surface area contributed by atoms with Crippen molar-refractivity contribution >= 4 is 11.9 Å². The molecule has 172 valence electrons. The van der Waals surface area contributed by atoms with Crippen molar-refractivity contribution in [3.8, 4) is 0 Å². The van der Waals surface area contributed by atoms with Crippen LogP contribution in [0.1, 0.15) is 125 Å². The zero-order valence-electron chi connectivity index (χ0n) is 20.0. The first-order valence-electron chi connectivity index (χ1n) is 12.3. The predicted octanol–water partition coefficient (Wildman–Crippen LogP) is 7.24. The highest BCUT2D eigenvalue weighted by atomic mass is 16.6. The number of unbranched alkanes of at least 4 members (excludes halogenated alkanes) is 10. The molecule has 0 aliphatic rings. The molecule has 0 atom stereocenters. The first kappa shape index (κ1) is 27.9. The first-order valence-corrected chi connectivity index (χ1v) is 12.3. The summed E-state index contributed by atoms with van der Waals surface area (Å²) in [5, 5.41) is 0. The number of carbonyl (C=O) groups is 2. The Morgan fingerprint density at radius 2 is 1.07 bits per heavy atom. The van der Waals surface area contributed by atoms with E-state index < -0.39 is 17.4 Å². The maximum Gasteiger partial charge on any atom is 0.323 e. The maximum atomic E-state index is 12.6. The molecule has 0 aromatic rings. The van der Waals surface area contributed by atoms with Gasteiger partial charge in [-0.05, 0) is 31.6 Å². The van der Waals surface area contributed by atoms with Crippen LogP contribution in [-0.2, 0) is 19.1 Å². The second-order valence-electron chi connectivity index (χ2n) is 8.78. The molecule has 0 unspecified atom stereocenters. The van der Waals surface area contributed by atoms with E-state index in [1.807, 2.05) is 13.8 Å². The fourth-order valence-electron chi connectivity index (χ4n) is 3.51. The van der Waals surface area contributed by atoms with Gasteiger partial charge in [0.1, 0.15) is 0 Å². The number of hydrogen-bond acceptors (Lipinski definition) is 4. The molecule has 0 aromatic heterocycles. The maximum absolute atomic E-state index is 12.6. The molecule has 0 rings (SSSR count). The lowest BCUT2D eigenvalue weighted by Gasteiger charge is -2.27. The van der Waals surface area contributed by atoms with E-state index >= 15 is 0 Å². The largest absolute Gasteiger partial charge is 0.465 e. The van der Waals surface area contributed by atoms with Gasteiger partial charge in [-0.2, -0.15) is 0 Å². The lowest BCUT2D eigenvalue weighted by atomic mass is 9.82. The van der Waals surface area contributed by atoms with E-state index in [4.69, 9.17) is 9.47 Å². The van der Waals surface area contributed by atoms with E-state index in [2.05, 4.69) is 20.8 Å². The van der Waals surface area contributed by atoms with Crippen molar-refractivity contribution in [2.75, 3.05) is 13.2 Å². The van der Waals surface area contributed by atoms with Crippen molar-refractivity contribution in [1.82, 2.24) is 0 Å². The minimum atomic E-state index is -1.14. The van der Waals surface area contributed by atoms with Gasteiger partial charge in [0, 0.05) is 0 Å². The smallest absolute Gasteiger partial charge is 0.323 e. The third-order valence-corrected chi connectivity index (χ3v) is 5.90. The molecular weight excluding hydrogens is 364 g/mol. The molecule has 0 aliphatic carbocycles. The van der Waals surface area contributed by atoms with Crippen molar-refractivity contribution in [3.63, 3.8) is 0 Å². The van der Waals surface area contributed by atoms with Crippen LogP contribution in [0.25, 0.3) is 0 Å². The Bertz CT molecular complexity index is 413. The normalized spacial score (nSPS) is 11.7. The van der Waals surface area contributed by atoms with Gasteiger partial charge >= 0.3 is 11.9 Å². The molecule has 0 aliphatic heterocycles. The molecule has 0 aromatic carbocycles. The Morgan fingerprint density at radius 3 is 1.48 bits per heavy atom. The lowest BCUT2D eigenvalue weighted by molar-refractivity contribution is -0.173. The zero-order chi connectivity index (χ0) is 22.0. The van der Waals surface area contributed by atoms with Gasteiger partial charge in [0.25, 0.3) is 0 Å². The molecule has 0 saturated carbocycles. The average Bonchev–Trinajstić information content (AvgIpc) is 2.70. The highest BCUT2D eigenvalue weighted by molar-refractivity contribution is 5.99. The number of carbonyl (C=O) groups excluding carboxylic acids is 2. The van der Waals surface area contributed by atoms with E-state index in [1.54, 1.807) is 0 Å². The minimum absolute atomic E-state index is 0.365. The summed E-state index contributed by atoms with van der Waals surface area (Å²) in [4.78, 5) is 25.2. The van der Waals surface area contributed by atoms with E-state index in [0.717, 1.165) is 19.3 Å². The van der Waals surface area contributed by atoms with E-state index in [1.165, 1.54) is 57.8 Å². The van der Waals surface area contributed by atoms with Gasteiger partial charge in [0.05, 0.1) is 13.2 Å². The van der Waals surface area contributed by atoms with Gasteiger partial charge in [-0.25, -0.2) is 0 Å². The zero-order valence-corrected chi connectivity index (χ0v) is 20.0. The van der Waals surface area contributed by atoms with E-state index in [-0.39, 0.29) is 0 Å². The van der Waals surface area contributed by atoms with Crippen LogP contribution in [0.5, 0.6) is 0 Å². The van der Waals surface area contributed by atoms with Crippen molar-refractivity contribution in [1.29, 1.82) is 0 Å². The number of ether oxygens (including phenoxy) is 2. The van der Waals surface area contributed by atoms with Crippen molar-refractivity contribution in [3.05, 3.63) is 0 Å². The van der Waals surface area contributed by atoms with Gasteiger partial charge < -0.3 is 9.47 Å². The molecule has 0 N–H and O–H groups in total. The fourth-order valence-corrected chi connectivity index (χ4v) is 3.51. The Hall–Kier alpha value is -1.06. The number of esters is 2. The highest BCUT2D eigenvalue weighted by Gasteiger charge is 2.45. The van der Waals surface area contributed by atoms with Gasteiger partial charge in [0.15, 0.2) is 5.41 Å². The third kappa shape index (κ3) is 12.3. The second kappa shape index (κ2) is 17.8. The van der Waals surface area contributed by atoms with E-state index in [9.17, 15) is 9.59 Å². The van der Waals surface area contributed by atoms with Gasteiger partial charge in [-0.15, -0.1) is 0 Å². The average molecular weight is 413 g/mol. The molecule has 0 heterocycles. The molecule has 0 bridgehead atoms. The quantitative estimate of drug-likeness (QED) is 0.127. The summed E-state index contributed by atoms with van der Waals surface area (Å²) in [6.07, 6.45) is 15.5. The van der Waals surface area contributed by atoms with Crippen LogP contribution >= 0.6 is 0 Å². The predicted molar refractivity (Wildman–Crippen MR) is 121 cm³/mol. The summed E-state index contributed by atoms with van der Waals surface area (Å²) in [6, 6.07) is 0. The summed E-state index contributed by atoms with van der Waals surface area (Å²) in [5.41, 5.74) is -1.14. The summed E-state index contributed by atoms with van der Waals surface area (Å²) < 4.78 is 10.9. The molecule has 0 saturated heterocycles. The Kier molecular flexibility index (Phi) is 17.1. The van der Waals surface area contributed by atoms with Crippen LogP contribution in [0, 0.1) is 11.3 Å². The standard InChI is InChI=1S/C25H48O4/c1-6-9-10-11-12-13-14-15-16-17-18-20-28-23(26)25(7-2,8-3)24(27)29-21-19-22(4)5/h22H,6-21H2,1-5H3. The lowest BCUT2D eigenvalue weighted by Crippen LogP contribution is -2.41. The van der Waals surface area contributed by atoms with Crippen molar-refractivity contribution in [2.45, 2.75) is 125 Å². The monoisotopic (exact) mass is 412 g/mol. The van der Waals surface area contributed by atoms with Crippen LogP contribution in [-0.4, -0.2) is 25.2 Å². The van der Waals surface area contributed by atoms with Gasteiger partial charge in [-0.1, -0.05) is 98.8 Å². The molecule has 4 heteroatoms. The van der Waals surface area contributed by atoms with Gasteiger partial charge in [0.2, 0.25) is 0 Å². The first-order chi connectivity index (χ1) is 13.9. The van der Waals surface area contributed by atoms with Crippen molar-refractivity contribution < 1.29 is 19.1 Å². The summed E-state index contributed by atoms with van der Waals surface area (Å²) in [5.74, 6) is -0.371. The molecule has 0 fully saturated rings. The number of hydrogen-bond donors (Lipinski definition) is 0. The van der Waals surface area contributed by atoms with Crippen LogP contribution in [0.2, 0.25) is 0 Å². The Balaban J connectivity index is 3.99. The fraction of sp³-hybridized carbons (Fsp3) is 0.920. The topological polar surface area (TPSA) is 52.6 Å². The minimum Gasteiger partial charge on any atom is -0.465 e. The molecule has 4 nitrogen and oxygen atoms in total. The summed E-state index contributed by atoms with van der Waals surface area (Å²) in [7, 11) is 0. The van der Waals surface area contributed by atoms with Crippen molar-refractivity contribution in [2.24, 2.45) is 11.3 Å². The summed E-state index contributed by atoms with van der Waals surface area (Å²) >= 11 is 0. The number of rotatable bonds is 19. The SMILES string of the molecule is CCCCCCCCCCCCCOC(=O)C(CC)(CC)C(=O)OCCC(C)C. The highest BCUT2D eigenvalue weighted by Crippen LogP contribution is 2.30. The second-order valence-corrected chi connectivity index (χ2v) is 8.78. The Morgan fingerprint density at radius 1 is 0.655 bits per heavy atom. The Labute approximate surface area is 180 Å². The summed E-state index contributed by atoms with van der Waals surface area (Å²) in [6.45, 7) is 10.9. The van der Waals surface area contributed by atoms with Crippen LogP contribution in [0.4, 0.5) is 0 Å². The molecule has 0 spiro atoms. The van der Waals surface area contributed by atoms with Gasteiger partial charge in [-0.3, -0.25) is 9.59 Å². The molecule has 29 heavy (non-hydrogen) atoms. The van der Waals surface area contributed by atoms with Crippen LogP contribution in [0.3, 0.4) is 0 Å². The third-order valence-electron chi connectivity index (χ3n) is 5.90. The molecular formula is C25H48O4. The van der Waals surface area contributed by atoms with Crippen LogP contribution < -0.4 is 0 Å².